The molecule has 0 fully saturated rings. The molecule has 0 saturated heterocycles. The van der Waals surface area contributed by atoms with E-state index in [4.69, 9.17) is 0 Å². The molecule has 1 aromatic heterocycles. The van der Waals surface area contributed by atoms with Crippen molar-refractivity contribution in [1.29, 1.82) is 0 Å². The second-order valence-corrected chi connectivity index (χ2v) is 9.83. The number of aryl methyl sites for hydroxylation is 1. The van der Waals surface area contributed by atoms with E-state index in [1.165, 1.54) is 70.6 Å². The number of hydrogen-bond donors (Lipinski definition) is 2. The molecule has 1 unspecified atom stereocenters. The predicted molar refractivity (Wildman–Crippen MR) is 141 cm³/mol. The van der Waals surface area contributed by atoms with Crippen LogP contribution in [0.4, 0.5) is 0 Å². The maximum Gasteiger partial charge on any atom is 0.242 e. The topological polar surface area (TPSA) is 62.1 Å². The Morgan fingerprint density at radius 3 is 1.80 bits per heavy atom. The summed E-state index contributed by atoms with van der Waals surface area (Å²) in [5, 5.41) is 6.08. The van der Waals surface area contributed by atoms with Gasteiger partial charge in [0.1, 0.15) is 13.1 Å². The van der Waals surface area contributed by atoms with E-state index in [1.54, 1.807) is 0 Å². The fourth-order valence-electron chi connectivity index (χ4n) is 4.22. The molecule has 1 atom stereocenters. The van der Waals surface area contributed by atoms with E-state index in [-0.39, 0.29) is 24.2 Å². The number of carbonyl (C=O) groups is 2. The molecule has 2 amide bonds. The third-order valence-corrected chi connectivity index (χ3v) is 6.48. The quantitative estimate of drug-likeness (QED) is 0.198. The number of rotatable bonds is 21. The Morgan fingerprint density at radius 1 is 0.771 bits per heavy atom. The van der Waals surface area contributed by atoms with Crippen LogP contribution in [0.25, 0.3) is 0 Å². The highest BCUT2D eigenvalue weighted by Gasteiger charge is 2.21. The van der Waals surface area contributed by atoms with Gasteiger partial charge >= 0.3 is 0 Å². The number of amides is 2. The summed E-state index contributed by atoms with van der Waals surface area (Å²) >= 11 is 0. The van der Waals surface area contributed by atoms with Crippen molar-refractivity contribution < 1.29 is 26.6 Å². The van der Waals surface area contributed by atoms with Gasteiger partial charge in [0.15, 0.2) is 12.4 Å². The number of halogens is 1. The lowest BCUT2D eigenvalue weighted by Crippen LogP contribution is -3.00. The van der Waals surface area contributed by atoms with Gasteiger partial charge in [0.2, 0.25) is 11.8 Å². The molecule has 1 rings (SSSR count). The van der Waals surface area contributed by atoms with Crippen LogP contribution >= 0.6 is 0 Å². The first-order valence-electron chi connectivity index (χ1n) is 14.1. The van der Waals surface area contributed by atoms with Gasteiger partial charge < -0.3 is 23.0 Å². The van der Waals surface area contributed by atoms with Crippen LogP contribution in [0.5, 0.6) is 0 Å². The number of hydrogen-bond acceptors (Lipinski definition) is 2. The van der Waals surface area contributed by atoms with Gasteiger partial charge in [0.25, 0.3) is 0 Å². The molecular weight excluding hydrogens is 458 g/mol. The van der Waals surface area contributed by atoms with Gasteiger partial charge in [0.05, 0.1) is 0 Å². The molecule has 5 nitrogen and oxygen atoms in total. The lowest BCUT2D eigenvalue weighted by Gasteiger charge is -2.18. The molecule has 0 spiro atoms. The van der Waals surface area contributed by atoms with Crippen molar-refractivity contribution in [2.24, 2.45) is 7.05 Å². The molecule has 0 aliphatic carbocycles. The number of carbonyl (C=O) groups excluding carboxylic acids is 2. The van der Waals surface area contributed by atoms with Crippen LogP contribution in [-0.2, 0) is 23.1 Å². The Balaban J connectivity index is 0.0000116. The molecule has 0 aliphatic rings. The zero-order valence-corrected chi connectivity index (χ0v) is 23.5. The van der Waals surface area contributed by atoms with Crippen molar-refractivity contribution in [3.05, 3.63) is 30.1 Å². The average molecular weight is 510 g/mol. The van der Waals surface area contributed by atoms with Gasteiger partial charge in [-0.05, 0) is 18.4 Å². The molecule has 0 aromatic carbocycles. The third kappa shape index (κ3) is 18.3. The smallest absolute Gasteiger partial charge is 0.242 e. The summed E-state index contributed by atoms with van der Waals surface area (Å²) in [6.07, 6.45) is 23.2. The Kier molecular flexibility index (Phi) is 21.8. The summed E-state index contributed by atoms with van der Waals surface area (Å²) in [7, 11) is 1.97. The second-order valence-electron chi connectivity index (χ2n) is 9.83. The Morgan fingerprint density at radius 2 is 1.26 bits per heavy atom. The molecular formula is C29H52ClN3O2. The molecule has 0 saturated carbocycles. The SMILES string of the molecule is CCCCCCCCCCNC(=O)C(Cc1cc[n+](C)cc1)NC(=O)CCCCCCCCC.[Cl-]. The molecule has 1 heterocycles. The molecule has 0 bridgehead atoms. The number of aromatic nitrogens is 1. The summed E-state index contributed by atoms with van der Waals surface area (Å²) in [5.41, 5.74) is 1.06. The minimum Gasteiger partial charge on any atom is -1.00 e. The Labute approximate surface area is 221 Å². The van der Waals surface area contributed by atoms with E-state index in [0.717, 1.165) is 31.2 Å². The zero-order valence-electron chi connectivity index (χ0n) is 22.8. The van der Waals surface area contributed by atoms with Crippen molar-refractivity contribution in [2.45, 2.75) is 129 Å². The molecule has 1 aromatic rings. The normalized spacial score (nSPS) is 11.5. The van der Waals surface area contributed by atoms with Crippen LogP contribution < -0.4 is 27.6 Å². The van der Waals surface area contributed by atoms with E-state index < -0.39 is 6.04 Å². The van der Waals surface area contributed by atoms with Gasteiger partial charge in [-0.25, -0.2) is 4.57 Å². The van der Waals surface area contributed by atoms with Crippen LogP contribution in [0.3, 0.4) is 0 Å². The average Bonchev–Trinajstić information content (AvgIpc) is 2.83. The lowest BCUT2D eigenvalue weighted by molar-refractivity contribution is -0.671. The standard InChI is InChI=1S/C29H51N3O2.ClH/c1-4-6-8-10-12-14-16-18-22-30-29(34)27(25-26-20-23-32(3)24-21-26)31-28(33)19-17-15-13-11-9-7-5-2;/h20-21,23-24,27H,4-19,22,25H2,1-3H3,(H-,30,31,33,34);1H. The minimum absolute atomic E-state index is 0. The highest BCUT2D eigenvalue weighted by molar-refractivity contribution is 5.87. The predicted octanol–water partition coefficient (Wildman–Crippen LogP) is 2.94. The van der Waals surface area contributed by atoms with Gasteiger partial charge in [-0.1, -0.05) is 97.3 Å². The van der Waals surface area contributed by atoms with Crippen molar-refractivity contribution >= 4 is 11.8 Å². The molecule has 0 aliphatic heterocycles. The van der Waals surface area contributed by atoms with Crippen LogP contribution in [-0.4, -0.2) is 24.4 Å². The molecule has 0 radical (unpaired) electrons. The lowest BCUT2D eigenvalue weighted by atomic mass is 10.0. The summed E-state index contributed by atoms with van der Waals surface area (Å²) in [4.78, 5) is 25.5. The first kappa shape index (κ1) is 33.4. The van der Waals surface area contributed by atoms with E-state index in [2.05, 4.69) is 24.5 Å². The summed E-state index contributed by atoms with van der Waals surface area (Å²) in [5.74, 6) is -0.0774. The van der Waals surface area contributed by atoms with Crippen LogP contribution in [0, 0.1) is 0 Å². The summed E-state index contributed by atoms with van der Waals surface area (Å²) in [6, 6.07) is 3.52. The summed E-state index contributed by atoms with van der Waals surface area (Å²) in [6.45, 7) is 5.15. The number of nitrogens with zero attached hydrogens (tertiary/aromatic N) is 1. The molecule has 2 N–H and O–H groups in total. The molecule has 35 heavy (non-hydrogen) atoms. The van der Waals surface area contributed by atoms with E-state index in [9.17, 15) is 9.59 Å². The second kappa shape index (κ2) is 22.8. The van der Waals surface area contributed by atoms with Gasteiger partial charge in [0, 0.05) is 31.5 Å². The third-order valence-electron chi connectivity index (χ3n) is 6.48. The van der Waals surface area contributed by atoms with Crippen LogP contribution in [0.15, 0.2) is 24.5 Å². The number of unbranched alkanes of at least 4 members (excludes halogenated alkanes) is 13. The highest BCUT2D eigenvalue weighted by atomic mass is 35.5. The largest absolute Gasteiger partial charge is 1.00 e. The Hall–Kier alpha value is -1.62. The number of pyridine rings is 1. The monoisotopic (exact) mass is 509 g/mol. The summed E-state index contributed by atoms with van der Waals surface area (Å²) < 4.78 is 1.97. The van der Waals surface area contributed by atoms with Gasteiger partial charge in [-0.2, -0.15) is 0 Å². The minimum atomic E-state index is -0.515. The van der Waals surface area contributed by atoms with Gasteiger partial charge in [-0.15, -0.1) is 0 Å². The van der Waals surface area contributed by atoms with E-state index >= 15 is 0 Å². The van der Waals surface area contributed by atoms with Crippen molar-refractivity contribution in [1.82, 2.24) is 10.6 Å². The van der Waals surface area contributed by atoms with Gasteiger partial charge in [-0.3, -0.25) is 9.59 Å². The number of nitrogens with one attached hydrogen (secondary N) is 2. The van der Waals surface area contributed by atoms with Crippen molar-refractivity contribution in [3.8, 4) is 0 Å². The van der Waals surface area contributed by atoms with Crippen molar-refractivity contribution in [2.75, 3.05) is 6.54 Å². The first-order valence-corrected chi connectivity index (χ1v) is 14.1. The van der Waals surface area contributed by atoms with E-state index in [0.29, 0.717) is 19.4 Å². The highest BCUT2D eigenvalue weighted by Crippen LogP contribution is 2.10. The fourth-order valence-corrected chi connectivity index (χ4v) is 4.22. The van der Waals surface area contributed by atoms with E-state index in [1.807, 2.05) is 36.1 Å². The maximum atomic E-state index is 12.9. The molecule has 6 heteroatoms. The van der Waals surface area contributed by atoms with Crippen LogP contribution in [0.1, 0.15) is 122 Å². The fraction of sp³-hybridized carbons (Fsp3) is 0.759. The Bertz CT molecular complexity index is 652. The molecule has 202 valence electrons. The zero-order chi connectivity index (χ0) is 24.9. The van der Waals surface area contributed by atoms with Crippen molar-refractivity contribution in [3.63, 3.8) is 0 Å². The van der Waals surface area contributed by atoms with Crippen LogP contribution in [0.2, 0.25) is 0 Å². The first-order chi connectivity index (χ1) is 16.6. The maximum absolute atomic E-state index is 12.9.